The SMILES string of the molecule is C=CCN1C(=O)/C(=C\c2ccc3c(c2)c2ccccc2n3C2C=CC=CC2)O/C1=N\c1c(Br)cc(Br)cc1C(=O)OC. The molecular weight excluding hydrogens is 662 g/mol. The average Bonchev–Trinajstić information content (AvgIpc) is 3.48. The van der Waals surface area contributed by atoms with Crippen molar-refractivity contribution in [1.29, 1.82) is 0 Å². The van der Waals surface area contributed by atoms with Gasteiger partial charge in [0, 0.05) is 37.3 Å². The molecule has 210 valence electrons. The van der Waals surface area contributed by atoms with Crippen LogP contribution in [-0.4, -0.2) is 41.0 Å². The highest BCUT2D eigenvalue weighted by molar-refractivity contribution is 9.11. The van der Waals surface area contributed by atoms with Crippen molar-refractivity contribution in [2.24, 2.45) is 4.99 Å². The van der Waals surface area contributed by atoms with E-state index in [0.717, 1.165) is 33.8 Å². The van der Waals surface area contributed by atoms with Crippen LogP contribution in [0, 0.1) is 0 Å². The van der Waals surface area contributed by atoms with Crippen molar-refractivity contribution in [3.63, 3.8) is 0 Å². The van der Waals surface area contributed by atoms with Crippen molar-refractivity contribution in [3.05, 3.63) is 117 Å². The molecule has 0 saturated carbocycles. The van der Waals surface area contributed by atoms with Crippen LogP contribution in [0.1, 0.15) is 28.4 Å². The van der Waals surface area contributed by atoms with E-state index in [0.29, 0.717) is 8.95 Å². The molecule has 1 aromatic heterocycles. The highest BCUT2D eigenvalue weighted by Gasteiger charge is 2.35. The number of halogens is 2. The number of hydrogen-bond donors (Lipinski definition) is 0. The number of amidine groups is 1. The van der Waals surface area contributed by atoms with Crippen LogP contribution in [0.2, 0.25) is 0 Å². The monoisotopic (exact) mass is 685 g/mol. The third kappa shape index (κ3) is 5.03. The van der Waals surface area contributed by atoms with Gasteiger partial charge in [-0.15, -0.1) is 6.58 Å². The molecule has 3 aromatic carbocycles. The lowest BCUT2D eigenvalue weighted by molar-refractivity contribution is -0.122. The van der Waals surface area contributed by atoms with Crippen LogP contribution in [0.4, 0.5) is 5.69 Å². The van der Waals surface area contributed by atoms with Crippen molar-refractivity contribution >= 4 is 83.3 Å². The van der Waals surface area contributed by atoms with Gasteiger partial charge in [-0.1, -0.05) is 70.6 Å². The molecule has 2 aliphatic rings. The Morgan fingerprint density at radius 2 is 1.93 bits per heavy atom. The summed E-state index contributed by atoms with van der Waals surface area (Å²) in [6.45, 7) is 3.95. The predicted molar refractivity (Wildman–Crippen MR) is 173 cm³/mol. The number of carbonyl (C=O) groups is 2. The van der Waals surface area contributed by atoms with E-state index in [-0.39, 0.29) is 41.5 Å². The predicted octanol–water partition coefficient (Wildman–Crippen LogP) is 8.24. The molecule has 42 heavy (non-hydrogen) atoms. The van der Waals surface area contributed by atoms with Crippen LogP contribution in [-0.2, 0) is 14.3 Å². The number of para-hydroxylation sites is 1. The number of amides is 1. The number of aliphatic imine (C=N–C) groups is 1. The fourth-order valence-corrected chi connectivity index (χ4v) is 6.61. The number of ether oxygens (including phenoxy) is 2. The van der Waals surface area contributed by atoms with E-state index in [4.69, 9.17) is 9.47 Å². The number of nitrogens with zero attached hydrogens (tertiary/aromatic N) is 3. The first-order valence-electron chi connectivity index (χ1n) is 13.2. The van der Waals surface area contributed by atoms with Gasteiger partial charge in [-0.05, 0) is 64.3 Å². The third-order valence-electron chi connectivity index (χ3n) is 7.16. The van der Waals surface area contributed by atoms with Crippen molar-refractivity contribution in [2.75, 3.05) is 13.7 Å². The van der Waals surface area contributed by atoms with Crippen LogP contribution in [0.25, 0.3) is 27.9 Å². The summed E-state index contributed by atoms with van der Waals surface area (Å²) >= 11 is 6.86. The first-order valence-corrected chi connectivity index (χ1v) is 14.8. The van der Waals surface area contributed by atoms with Gasteiger partial charge >= 0.3 is 12.0 Å². The Hall–Kier alpha value is -4.21. The number of rotatable bonds is 6. The Bertz CT molecular complexity index is 1900. The summed E-state index contributed by atoms with van der Waals surface area (Å²) in [6.07, 6.45) is 12.8. The zero-order chi connectivity index (χ0) is 29.4. The third-order valence-corrected chi connectivity index (χ3v) is 8.22. The maximum Gasteiger partial charge on any atom is 0.340 e. The molecule has 0 spiro atoms. The molecule has 1 fully saturated rings. The van der Waals surface area contributed by atoms with Crippen LogP contribution in [0.15, 0.2) is 111 Å². The maximum atomic E-state index is 13.5. The van der Waals surface area contributed by atoms with E-state index in [9.17, 15) is 9.59 Å². The van der Waals surface area contributed by atoms with Gasteiger partial charge in [0.15, 0.2) is 5.76 Å². The average molecular weight is 687 g/mol. The topological polar surface area (TPSA) is 73.1 Å². The molecule has 1 amide bonds. The molecule has 2 heterocycles. The Kier molecular flexibility index (Phi) is 7.70. The van der Waals surface area contributed by atoms with E-state index in [1.54, 1.807) is 24.3 Å². The number of benzene rings is 3. The largest absolute Gasteiger partial charge is 0.465 e. The molecule has 0 N–H and O–H groups in total. The minimum absolute atomic E-state index is 0.0362. The van der Waals surface area contributed by atoms with Gasteiger partial charge in [-0.25, -0.2) is 4.79 Å². The summed E-state index contributed by atoms with van der Waals surface area (Å²) in [4.78, 5) is 31.9. The van der Waals surface area contributed by atoms with Gasteiger partial charge in [0.1, 0.15) is 0 Å². The number of methoxy groups -OCH3 is 1. The van der Waals surface area contributed by atoms with E-state index in [1.807, 2.05) is 12.1 Å². The highest BCUT2D eigenvalue weighted by atomic mass is 79.9. The molecule has 7 nitrogen and oxygen atoms in total. The molecular formula is C33H25Br2N3O4. The van der Waals surface area contributed by atoms with Gasteiger partial charge in [0.05, 0.1) is 24.4 Å². The van der Waals surface area contributed by atoms with Gasteiger partial charge in [-0.2, -0.15) is 4.99 Å². The Morgan fingerprint density at radius 1 is 1.12 bits per heavy atom. The number of aromatic nitrogens is 1. The lowest BCUT2D eigenvalue weighted by Crippen LogP contribution is -2.29. The molecule has 0 bridgehead atoms. The summed E-state index contributed by atoms with van der Waals surface area (Å²) < 4.78 is 14.5. The maximum absolute atomic E-state index is 13.5. The van der Waals surface area contributed by atoms with E-state index in [2.05, 4.69) is 103 Å². The van der Waals surface area contributed by atoms with Crippen LogP contribution in [0.5, 0.6) is 0 Å². The van der Waals surface area contributed by atoms with Gasteiger partial charge in [0.2, 0.25) is 0 Å². The highest BCUT2D eigenvalue weighted by Crippen LogP contribution is 2.37. The summed E-state index contributed by atoms with van der Waals surface area (Å²) in [5.41, 5.74) is 3.58. The molecule has 1 atom stereocenters. The number of hydrogen-bond acceptors (Lipinski definition) is 5. The fourth-order valence-electron chi connectivity index (χ4n) is 5.30. The lowest BCUT2D eigenvalue weighted by Gasteiger charge is -2.18. The minimum atomic E-state index is -0.570. The first-order chi connectivity index (χ1) is 20.4. The summed E-state index contributed by atoms with van der Waals surface area (Å²) in [6, 6.07) is 18.1. The summed E-state index contributed by atoms with van der Waals surface area (Å²) in [7, 11) is 1.30. The van der Waals surface area contributed by atoms with Crippen LogP contribution < -0.4 is 0 Å². The van der Waals surface area contributed by atoms with E-state index < -0.39 is 5.97 Å². The molecule has 1 aliphatic carbocycles. The normalized spacial score (nSPS) is 18.4. The van der Waals surface area contributed by atoms with E-state index in [1.165, 1.54) is 12.0 Å². The molecule has 0 radical (unpaired) electrons. The second-order valence-corrected chi connectivity index (χ2v) is 11.5. The van der Waals surface area contributed by atoms with Crippen molar-refractivity contribution in [3.8, 4) is 0 Å². The lowest BCUT2D eigenvalue weighted by atomic mass is 10.1. The van der Waals surface area contributed by atoms with Crippen molar-refractivity contribution < 1.29 is 19.1 Å². The zero-order valence-corrected chi connectivity index (χ0v) is 25.8. The summed E-state index contributed by atoms with van der Waals surface area (Å²) in [5, 5.41) is 2.23. The molecule has 1 saturated heterocycles. The van der Waals surface area contributed by atoms with Gasteiger partial charge < -0.3 is 14.0 Å². The molecule has 9 heteroatoms. The Labute approximate surface area is 259 Å². The smallest absolute Gasteiger partial charge is 0.340 e. The van der Waals surface area contributed by atoms with Crippen molar-refractivity contribution in [2.45, 2.75) is 12.5 Å². The molecule has 4 aromatic rings. The van der Waals surface area contributed by atoms with Gasteiger partial charge in [0.25, 0.3) is 5.91 Å². The second-order valence-electron chi connectivity index (χ2n) is 9.76. The quantitative estimate of drug-likeness (QED) is 0.116. The van der Waals surface area contributed by atoms with Crippen molar-refractivity contribution in [1.82, 2.24) is 9.47 Å². The fraction of sp³-hybridized carbons (Fsp3) is 0.121. The Balaban J connectivity index is 1.42. The molecule has 1 unspecified atom stereocenters. The summed E-state index contributed by atoms with van der Waals surface area (Å²) in [5.74, 6) is -0.811. The first kappa shape index (κ1) is 27.9. The van der Waals surface area contributed by atoms with Gasteiger partial charge in [-0.3, -0.25) is 9.69 Å². The molecule has 6 rings (SSSR count). The Morgan fingerprint density at radius 3 is 2.69 bits per heavy atom. The number of esters is 1. The number of fused-ring (bicyclic) bond motifs is 3. The zero-order valence-electron chi connectivity index (χ0n) is 22.6. The number of allylic oxidation sites excluding steroid dienone is 4. The standard InChI is InChI=1S/C33H25Br2N3O4/c1-3-15-37-31(39)29(42-33(37)36-30-25(32(40)41-2)18-21(34)19-26(30)35)17-20-13-14-28-24(16-20)23-11-7-8-12-27(23)38(28)22-9-5-4-6-10-22/h3-9,11-14,16-19,22H,1,10,15H2,2H3/b29-17+,36-33-. The van der Waals surface area contributed by atoms with Crippen LogP contribution in [0.3, 0.4) is 0 Å². The van der Waals surface area contributed by atoms with Crippen LogP contribution >= 0.6 is 31.9 Å². The second kappa shape index (κ2) is 11.6. The molecule has 1 aliphatic heterocycles. The van der Waals surface area contributed by atoms with E-state index >= 15 is 0 Å². The minimum Gasteiger partial charge on any atom is -0.465 e. The number of carbonyl (C=O) groups excluding carboxylic acids is 2.